The first-order valence-corrected chi connectivity index (χ1v) is 52.7. The van der Waals surface area contributed by atoms with Crippen molar-refractivity contribution >= 4 is 200 Å². The largest absolute Gasteiger partial charge is 0.512 e. The number of allylic oxidation sites excluding steroid dienone is 1. The molecule has 12 nitrogen and oxygen atoms in total. The van der Waals surface area contributed by atoms with Crippen LogP contribution in [0.2, 0.25) is 0 Å². The molecule has 0 bridgehead atoms. The van der Waals surface area contributed by atoms with Gasteiger partial charge in [-0.2, -0.15) is 0 Å². The Kier molecular flexibility index (Phi) is 51.6. The highest BCUT2D eigenvalue weighted by atomic mass is 33.7. The molecule has 32 heteroatoms. The minimum atomic E-state index is -2.83. The van der Waals surface area contributed by atoms with Crippen molar-refractivity contribution in [3.63, 3.8) is 0 Å². The first-order chi connectivity index (χ1) is 35.0. The summed E-state index contributed by atoms with van der Waals surface area (Å²) in [4.78, 5) is 2.88. The molecule has 0 saturated carbocycles. The van der Waals surface area contributed by atoms with Crippen molar-refractivity contribution in [3.05, 3.63) is 9.81 Å². The van der Waals surface area contributed by atoms with Gasteiger partial charge in [0.2, 0.25) is 0 Å². The molecule has 0 N–H and O–H groups in total. The van der Waals surface area contributed by atoms with Gasteiger partial charge in [-0.15, -0.1) is 0 Å². The summed E-state index contributed by atoms with van der Waals surface area (Å²) < 4.78 is 74.7. The molecule has 0 radical (unpaired) electrons. The van der Waals surface area contributed by atoms with Gasteiger partial charge in [0.1, 0.15) is 4.08 Å². The lowest BCUT2D eigenvalue weighted by Crippen LogP contribution is -2.49. The van der Waals surface area contributed by atoms with Crippen LogP contribution in [-0.4, -0.2) is 140 Å². The zero-order chi connectivity index (χ0) is 53.1. The van der Waals surface area contributed by atoms with E-state index >= 15 is 0 Å². The molecular formula is C40H86O12S16Si4. The van der Waals surface area contributed by atoms with E-state index in [0.717, 1.165) is 25.7 Å². The van der Waals surface area contributed by atoms with Crippen LogP contribution < -0.4 is 0 Å². The van der Waals surface area contributed by atoms with E-state index < -0.39 is 35.2 Å². The third kappa shape index (κ3) is 32.1. The minimum absolute atomic E-state index is 0.288. The lowest BCUT2D eigenvalue weighted by molar-refractivity contribution is 0.0765. The molecule has 1 rings (SSSR count). The molecule has 0 atom stereocenters. The summed E-state index contributed by atoms with van der Waals surface area (Å²) in [6.45, 7) is 31.0. The van der Waals surface area contributed by atoms with E-state index in [1.54, 1.807) is 62.8 Å². The van der Waals surface area contributed by atoms with Gasteiger partial charge in [-0.05, 0) is 203 Å². The molecule has 0 saturated heterocycles. The monoisotopic (exact) mass is 1380 g/mol. The van der Waals surface area contributed by atoms with Crippen LogP contribution in [0.15, 0.2) is 9.81 Å². The van der Waals surface area contributed by atoms with Crippen LogP contribution in [0.5, 0.6) is 0 Å². The van der Waals surface area contributed by atoms with E-state index in [9.17, 15) is 0 Å². The third-order valence-corrected chi connectivity index (χ3v) is 54.2. The van der Waals surface area contributed by atoms with E-state index in [0.29, 0.717) is 101 Å². The van der Waals surface area contributed by atoms with Crippen LogP contribution >= 0.6 is 165 Å². The van der Waals surface area contributed by atoms with Crippen LogP contribution in [0.1, 0.15) is 141 Å². The van der Waals surface area contributed by atoms with Crippen LogP contribution in [0, 0.1) is 0 Å². The summed E-state index contributed by atoms with van der Waals surface area (Å²) in [5.41, 5.74) is 0. The van der Waals surface area contributed by atoms with Crippen molar-refractivity contribution in [2.75, 3.05) is 101 Å². The fraction of sp³-hybridized carbons (Fsp3) is 0.950. The van der Waals surface area contributed by atoms with Crippen molar-refractivity contribution in [2.24, 2.45) is 0 Å². The predicted molar refractivity (Wildman–Crippen MR) is 355 cm³/mol. The molecule has 0 amide bonds. The van der Waals surface area contributed by atoms with E-state index in [1.165, 1.54) is 41.9 Å². The van der Waals surface area contributed by atoms with Crippen LogP contribution in [-0.2, 0) is 53.1 Å². The first-order valence-electron chi connectivity index (χ1n) is 25.0. The molecule has 430 valence electrons. The molecular weight excluding hydrogens is 1300 g/mol. The fourth-order valence-electron chi connectivity index (χ4n) is 6.67. The van der Waals surface area contributed by atoms with Gasteiger partial charge in [0.25, 0.3) is 0 Å². The summed E-state index contributed by atoms with van der Waals surface area (Å²) >= 11 is 0. The highest BCUT2D eigenvalue weighted by molar-refractivity contribution is 9.30. The van der Waals surface area contributed by atoms with Crippen LogP contribution in [0.3, 0.4) is 0 Å². The Morgan fingerprint density at radius 2 is 0.583 bits per heavy atom. The first kappa shape index (κ1) is 75.7. The Bertz CT molecular complexity index is 1230. The Balaban J connectivity index is 3.86. The van der Waals surface area contributed by atoms with Crippen LogP contribution in [0.25, 0.3) is 0 Å². The van der Waals surface area contributed by atoms with Gasteiger partial charge in [-0.1, -0.05) is 103 Å². The SMILES string of the molecule is CCO[Si](CSSSSC1=C(SSSSC[Si](OCC)(OCC)OCC)C(SSSSC[Si](OCC)(OCC)OCC)(SSSSC[Si](OCC)(OCC)OCC)CCCCCCCCC1)(OCC)OCC. The average molecular weight is 1380 g/mol. The van der Waals surface area contributed by atoms with Gasteiger partial charge in [0.15, 0.2) is 0 Å². The molecule has 0 unspecified atom stereocenters. The Morgan fingerprint density at radius 1 is 0.319 bits per heavy atom. The summed E-state index contributed by atoms with van der Waals surface area (Å²) in [5.74, 6) is 0. The Hall–Kier alpha value is 5.73. The highest BCUT2D eigenvalue weighted by Crippen LogP contribution is 2.69. The maximum atomic E-state index is 6.26. The maximum absolute atomic E-state index is 6.26. The Morgan fingerprint density at radius 3 is 0.889 bits per heavy atom. The fourth-order valence-corrected chi connectivity index (χ4v) is 56.1. The lowest BCUT2D eigenvalue weighted by Gasteiger charge is -2.35. The average Bonchev–Trinajstić information content (AvgIpc) is 3.34. The molecule has 1 aliphatic carbocycles. The summed E-state index contributed by atoms with van der Waals surface area (Å²) in [7, 11) is 18.4. The van der Waals surface area contributed by atoms with Crippen molar-refractivity contribution < 1.29 is 53.1 Å². The van der Waals surface area contributed by atoms with Crippen molar-refractivity contribution in [1.29, 1.82) is 0 Å². The molecule has 0 aliphatic heterocycles. The van der Waals surface area contributed by atoms with Crippen molar-refractivity contribution in [3.8, 4) is 0 Å². The van der Waals surface area contributed by atoms with Gasteiger partial charge < -0.3 is 53.1 Å². The summed E-state index contributed by atoms with van der Waals surface area (Å²) in [5, 5.41) is 2.72. The second-order valence-electron chi connectivity index (χ2n) is 14.3. The maximum Gasteiger partial charge on any atom is 0.512 e. The molecule has 0 heterocycles. The molecule has 1 aliphatic rings. The molecule has 0 fully saturated rings. The molecule has 0 aromatic rings. The van der Waals surface area contributed by atoms with Gasteiger partial charge in [-0.3, -0.25) is 0 Å². The Labute approximate surface area is 502 Å². The second kappa shape index (κ2) is 49.0. The molecule has 0 spiro atoms. The molecule has 72 heavy (non-hydrogen) atoms. The summed E-state index contributed by atoms with van der Waals surface area (Å²) in [6, 6.07) is 0. The van der Waals surface area contributed by atoms with E-state index in [2.05, 4.69) is 0 Å². The van der Waals surface area contributed by atoms with Gasteiger partial charge >= 0.3 is 35.2 Å². The predicted octanol–water partition coefficient (Wildman–Crippen LogP) is 18.5. The topological polar surface area (TPSA) is 111 Å². The van der Waals surface area contributed by atoms with Crippen molar-refractivity contribution in [1.82, 2.24) is 0 Å². The second-order valence-corrected chi connectivity index (χ2v) is 51.0. The van der Waals surface area contributed by atoms with E-state index in [1.807, 2.05) is 185 Å². The smallest absolute Gasteiger partial charge is 0.373 e. The number of hydrogen-bond donors (Lipinski definition) is 0. The normalized spacial score (nSPS) is 15.8. The quantitative estimate of drug-likeness (QED) is 0.0249. The number of hydrogen-bond acceptors (Lipinski definition) is 28. The standard InChI is InChI=1S/C40H86O12S16Si4/c1-13-41-69(42-14-2,43-15-3)34-53-61-65-57-38-32-30-28-26-25-27-29-31-33-40(59-67-63-55-36-71(47-19-7,48-20-8)49-21-9,60-68-64-56-37-72(50-22-10,51-23-11)52-24-12)39(38)58-66-62-54-35-70(44-16-4,45-17-5)46-18-6/h13-37H2,1-12H3. The molecule has 0 aromatic heterocycles. The van der Waals surface area contributed by atoms with Gasteiger partial charge in [0, 0.05) is 89.1 Å². The van der Waals surface area contributed by atoms with Gasteiger partial charge in [0.05, 0.1) is 21.5 Å². The van der Waals surface area contributed by atoms with Crippen LogP contribution in [0.4, 0.5) is 0 Å². The van der Waals surface area contributed by atoms with E-state index in [-0.39, 0.29) is 4.08 Å². The number of rotatable bonds is 48. The summed E-state index contributed by atoms with van der Waals surface area (Å²) in [6.07, 6.45) is 10.6. The van der Waals surface area contributed by atoms with Crippen molar-refractivity contribution in [2.45, 2.75) is 145 Å². The molecule has 0 aromatic carbocycles. The van der Waals surface area contributed by atoms with Gasteiger partial charge in [-0.25, -0.2) is 0 Å². The van der Waals surface area contributed by atoms with E-state index in [4.69, 9.17) is 53.1 Å². The third-order valence-electron chi connectivity index (χ3n) is 9.22. The minimum Gasteiger partial charge on any atom is -0.373 e. The zero-order valence-electron chi connectivity index (χ0n) is 44.6. The highest BCUT2D eigenvalue weighted by Gasteiger charge is 2.45. The zero-order valence-corrected chi connectivity index (χ0v) is 61.7. The lowest BCUT2D eigenvalue weighted by atomic mass is 10.0.